The van der Waals surface area contributed by atoms with E-state index >= 15 is 0 Å². The zero-order valence-corrected chi connectivity index (χ0v) is 15.0. The van der Waals surface area contributed by atoms with Gasteiger partial charge in [0.1, 0.15) is 5.75 Å². The van der Waals surface area contributed by atoms with E-state index in [0.29, 0.717) is 5.75 Å². The highest BCUT2D eigenvalue weighted by atomic mass is 19.1. The summed E-state index contributed by atoms with van der Waals surface area (Å²) in [4.78, 5) is 27.7. The third-order valence-electron chi connectivity index (χ3n) is 4.23. The molecule has 0 amide bonds. The van der Waals surface area contributed by atoms with E-state index in [1.54, 1.807) is 0 Å². The molecule has 0 bridgehead atoms. The van der Waals surface area contributed by atoms with E-state index < -0.39 is 0 Å². The Bertz CT molecular complexity index is 727. The van der Waals surface area contributed by atoms with Crippen LogP contribution >= 0.6 is 0 Å². The maximum absolute atomic E-state index is 13.9. The molecule has 4 nitrogen and oxygen atoms in total. The molecular formula is C20H23FO4. The number of carbonyl (C=O) groups excluding carboxylic acids is 3. The molecule has 2 atom stereocenters. The summed E-state index contributed by atoms with van der Waals surface area (Å²) in [5, 5.41) is 0. The first-order valence-corrected chi connectivity index (χ1v) is 8.01. The molecule has 0 aromatic heterocycles. The van der Waals surface area contributed by atoms with Crippen molar-refractivity contribution in [3.8, 4) is 5.75 Å². The third-order valence-corrected chi connectivity index (χ3v) is 4.23. The van der Waals surface area contributed by atoms with Crippen molar-refractivity contribution in [3.63, 3.8) is 0 Å². The average Bonchev–Trinajstić information content (AvgIpc) is 2.46. The molecule has 25 heavy (non-hydrogen) atoms. The predicted molar refractivity (Wildman–Crippen MR) is 91.7 cm³/mol. The van der Waals surface area contributed by atoms with Gasteiger partial charge in [-0.3, -0.25) is 4.79 Å². The topological polar surface area (TPSA) is 60.4 Å². The Balaban J connectivity index is 0.000000970. The van der Waals surface area contributed by atoms with Crippen LogP contribution in [0.2, 0.25) is 0 Å². The summed E-state index contributed by atoms with van der Waals surface area (Å²) in [5.41, 5.74) is 4.16. The lowest BCUT2D eigenvalue weighted by Gasteiger charge is -2.31. The summed E-state index contributed by atoms with van der Waals surface area (Å²) in [7, 11) is 0. The minimum absolute atomic E-state index is 0.138. The first-order valence-electron chi connectivity index (χ1n) is 8.01. The summed E-state index contributed by atoms with van der Waals surface area (Å²) in [6.45, 7) is 10.9. The molecule has 0 spiro atoms. The van der Waals surface area contributed by atoms with Crippen LogP contribution in [0.4, 0.5) is 4.39 Å². The van der Waals surface area contributed by atoms with Gasteiger partial charge in [0.2, 0.25) is 0 Å². The van der Waals surface area contributed by atoms with Crippen LogP contribution in [0, 0.1) is 19.8 Å². The Morgan fingerprint density at radius 3 is 2.40 bits per heavy atom. The van der Waals surface area contributed by atoms with Crippen LogP contribution in [0.15, 0.2) is 36.2 Å². The molecular weight excluding hydrogens is 323 g/mol. The van der Waals surface area contributed by atoms with Crippen molar-refractivity contribution < 1.29 is 23.5 Å². The van der Waals surface area contributed by atoms with Crippen molar-refractivity contribution in [1.29, 1.82) is 0 Å². The summed E-state index contributed by atoms with van der Waals surface area (Å²) < 4.78 is 19.3. The molecule has 1 aliphatic carbocycles. The highest BCUT2D eigenvalue weighted by molar-refractivity contribution is 5.70. The van der Waals surface area contributed by atoms with Gasteiger partial charge in [0, 0.05) is 24.3 Å². The predicted octanol–water partition coefficient (Wildman–Crippen LogP) is 4.57. The second kappa shape index (κ2) is 9.09. The van der Waals surface area contributed by atoms with Gasteiger partial charge in [-0.2, -0.15) is 9.59 Å². The van der Waals surface area contributed by atoms with Crippen LogP contribution in [0.25, 0.3) is 0 Å². The number of benzene rings is 1. The molecule has 1 unspecified atom stereocenters. The largest absolute Gasteiger partial charge is 0.426 e. The van der Waals surface area contributed by atoms with Gasteiger partial charge in [-0.15, -0.1) is 0 Å². The van der Waals surface area contributed by atoms with Gasteiger partial charge in [-0.1, -0.05) is 24.3 Å². The molecule has 0 saturated heterocycles. The maximum atomic E-state index is 13.9. The first-order chi connectivity index (χ1) is 11.7. The molecule has 1 aliphatic rings. The van der Waals surface area contributed by atoms with E-state index in [-0.39, 0.29) is 29.8 Å². The fourth-order valence-electron chi connectivity index (χ4n) is 3.31. The van der Waals surface area contributed by atoms with Gasteiger partial charge in [-0.05, 0) is 50.8 Å². The summed E-state index contributed by atoms with van der Waals surface area (Å²) in [5.74, 6) is -0.534. The second-order valence-corrected chi connectivity index (χ2v) is 6.30. The van der Waals surface area contributed by atoms with Gasteiger partial charge in [0.15, 0.2) is 0 Å². The number of allylic oxidation sites excluding steroid dienone is 3. The molecule has 0 saturated carbocycles. The number of rotatable bonds is 3. The lowest BCUT2D eigenvalue weighted by Crippen LogP contribution is -2.19. The number of aryl methyl sites for hydroxylation is 2. The smallest absolute Gasteiger partial charge is 0.373 e. The average molecular weight is 346 g/mol. The fraction of sp³-hybridized carbons (Fsp3) is 0.400. The van der Waals surface area contributed by atoms with Crippen molar-refractivity contribution in [1.82, 2.24) is 0 Å². The van der Waals surface area contributed by atoms with Crippen LogP contribution in [-0.4, -0.2) is 12.1 Å². The van der Waals surface area contributed by atoms with Crippen LogP contribution in [0.3, 0.4) is 0 Å². The Labute approximate surface area is 147 Å². The minimum atomic E-state index is -0.363. The lowest BCUT2D eigenvalue weighted by molar-refractivity contribution is -0.191. The van der Waals surface area contributed by atoms with E-state index in [0.717, 1.165) is 29.5 Å². The van der Waals surface area contributed by atoms with Gasteiger partial charge < -0.3 is 4.74 Å². The van der Waals surface area contributed by atoms with Crippen molar-refractivity contribution in [2.24, 2.45) is 5.92 Å². The first kappa shape index (κ1) is 20.5. The number of carbonyl (C=O) groups is 1. The molecule has 1 aromatic carbocycles. The maximum Gasteiger partial charge on any atom is 0.373 e. The molecule has 134 valence electrons. The highest BCUT2D eigenvalue weighted by Crippen LogP contribution is 2.44. The molecule has 5 heteroatoms. The number of esters is 1. The van der Waals surface area contributed by atoms with E-state index in [4.69, 9.17) is 14.3 Å². The number of ether oxygens (including phenoxy) is 1. The van der Waals surface area contributed by atoms with Crippen molar-refractivity contribution in [2.45, 2.75) is 46.5 Å². The SMILES string of the molecule is C=C(F)[C@@H]1CCC(C)=CC1c1c(C)cc(C)cc1OC(C)=O.O=C=O. The Morgan fingerprint density at radius 2 is 1.88 bits per heavy atom. The third kappa shape index (κ3) is 5.50. The monoisotopic (exact) mass is 346 g/mol. The summed E-state index contributed by atoms with van der Waals surface area (Å²) in [6, 6.07) is 3.89. The van der Waals surface area contributed by atoms with Crippen molar-refractivity contribution in [2.75, 3.05) is 0 Å². The summed E-state index contributed by atoms with van der Waals surface area (Å²) >= 11 is 0. The van der Waals surface area contributed by atoms with Crippen LogP contribution in [0.1, 0.15) is 49.3 Å². The van der Waals surface area contributed by atoms with Gasteiger partial charge in [0.05, 0.1) is 5.83 Å². The van der Waals surface area contributed by atoms with Crippen LogP contribution in [-0.2, 0) is 14.4 Å². The zero-order chi connectivity index (χ0) is 19.1. The molecule has 1 aromatic rings. The van der Waals surface area contributed by atoms with E-state index in [9.17, 15) is 9.18 Å². The Kier molecular flexibility index (Phi) is 7.46. The second-order valence-electron chi connectivity index (χ2n) is 6.30. The number of halogens is 1. The Morgan fingerprint density at radius 1 is 1.28 bits per heavy atom. The van der Waals surface area contributed by atoms with E-state index in [1.165, 1.54) is 12.5 Å². The highest BCUT2D eigenvalue weighted by Gasteiger charge is 2.31. The lowest BCUT2D eigenvalue weighted by atomic mass is 9.75. The van der Waals surface area contributed by atoms with E-state index in [2.05, 4.69) is 19.6 Å². The molecule has 0 aliphatic heterocycles. The minimum Gasteiger partial charge on any atom is -0.426 e. The number of hydrogen-bond acceptors (Lipinski definition) is 4. The molecule has 0 radical (unpaired) electrons. The quantitative estimate of drug-likeness (QED) is 0.457. The van der Waals surface area contributed by atoms with Crippen LogP contribution in [0.5, 0.6) is 5.75 Å². The fourth-order valence-corrected chi connectivity index (χ4v) is 3.31. The van der Waals surface area contributed by atoms with E-state index in [1.807, 2.05) is 26.0 Å². The molecule has 0 N–H and O–H groups in total. The normalized spacial score (nSPS) is 19.0. The van der Waals surface area contributed by atoms with Gasteiger partial charge >= 0.3 is 12.1 Å². The molecule has 0 fully saturated rings. The Hall–Kier alpha value is -2.52. The number of hydrogen-bond donors (Lipinski definition) is 0. The van der Waals surface area contributed by atoms with Crippen molar-refractivity contribution in [3.05, 3.63) is 52.9 Å². The van der Waals surface area contributed by atoms with Gasteiger partial charge in [-0.25, -0.2) is 4.39 Å². The van der Waals surface area contributed by atoms with Crippen molar-refractivity contribution >= 4 is 12.1 Å². The molecule has 0 heterocycles. The van der Waals surface area contributed by atoms with Crippen LogP contribution < -0.4 is 4.74 Å². The molecule has 2 rings (SSSR count). The van der Waals surface area contributed by atoms with Gasteiger partial charge in [0.25, 0.3) is 0 Å². The standard InChI is InChI=1S/C19H23FO2.CO2/c1-11-6-7-16(14(4)20)17(9-11)19-13(3)8-12(2)10-18(19)22-15(5)21;2-1-3/h8-10,16-17H,4,6-7H2,1-3,5H3;/t16-,17?;/m0./s1. The summed E-state index contributed by atoms with van der Waals surface area (Å²) in [6.07, 6.45) is 3.94. The zero-order valence-electron chi connectivity index (χ0n) is 15.0.